The van der Waals surface area contributed by atoms with Crippen molar-refractivity contribution >= 4 is 5.91 Å². The highest BCUT2D eigenvalue weighted by atomic mass is 16.5. The van der Waals surface area contributed by atoms with E-state index in [4.69, 9.17) is 4.74 Å². The van der Waals surface area contributed by atoms with Crippen LogP contribution in [0.15, 0.2) is 18.2 Å². The normalized spacial score (nSPS) is 17.3. The number of rotatable bonds is 5. The van der Waals surface area contributed by atoms with Crippen LogP contribution in [0.3, 0.4) is 0 Å². The lowest BCUT2D eigenvalue weighted by molar-refractivity contribution is -0.121. The van der Waals surface area contributed by atoms with Crippen LogP contribution in [0.25, 0.3) is 0 Å². The Morgan fingerprint density at radius 2 is 2.39 bits per heavy atom. The zero-order valence-electron chi connectivity index (χ0n) is 10.6. The van der Waals surface area contributed by atoms with Crippen LogP contribution in [0.4, 0.5) is 0 Å². The minimum absolute atomic E-state index is 0.00841. The van der Waals surface area contributed by atoms with Gasteiger partial charge < -0.3 is 15.2 Å². The first kappa shape index (κ1) is 12.9. The Labute approximate surface area is 107 Å². The first-order valence-electron chi connectivity index (χ1n) is 6.41. The van der Waals surface area contributed by atoms with Crippen molar-refractivity contribution in [1.29, 1.82) is 0 Å². The number of aliphatic hydroxyl groups is 1. The maximum atomic E-state index is 11.2. The average Bonchev–Trinajstić information content (AvgIpc) is 2.71. The molecule has 0 bridgehead atoms. The quantitative estimate of drug-likeness (QED) is 0.832. The fourth-order valence-corrected chi connectivity index (χ4v) is 2.21. The first-order chi connectivity index (χ1) is 8.70. The summed E-state index contributed by atoms with van der Waals surface area (Å²) in [6.45, 7) is 2.92. The molecule has 0 radical (unpaired) electrons. The zero-order chi connectivity index (χ0) is 13.0. The van der Waals surface area contributed by atoms with Gasteiger partial charge in [0, 0.05) is 6.54 Å². The van der Waals surface area contributed by atoms with E-state index >= 15 is 0 Å². The van der Waals surface area contributed by atoms with Crippen molar-refractivity contribution in [3.8, 4) is 5.75 Å². The van der Waals surface area contributed by atoms with Crippen molar-refractivity contribution in [1.82, 2.24) is 5.32 Å². The molecule has 1 aliphatic rings. The van der Waals surface area contributed by atoms with Crippen molar-refractivity contribution in [2.45, 2.75) is 32.3 Å². The van der Waals surface area contributed by atoms with Gasteiger partial charge in [-0.25, -0.2) is 0 Å². The molecule has 0 aliphatic heterocycles. The molecule has 0 saturated heterocycles. The van der Waals surface area contributed by atoms with Gasteiger partial charge in [0.25, 0.3) is 0 Å². The van der Waals surface area contributed by atoms with Gasteiger partial charge >= 0.3 is 0 Å². The van der Waals surface area contributed by atoms with E-state index in [2.05, 4.69) is 5.32 Å². The van der Waals surface area contributed by atoms with Gasteiger partial charge in [-0.1, -0.05) is 6.07 Å². The Morgan fingerprint density at radius 3 is 3.17 bits per heavy atom. The van der Waals surface area contributed by atoms with Crippen LogP contribution in [0.1, 0.15) is 37.0 Å². The minimum atomic E-state index is -0.329. The Morgan fingerprint density at radius 1 is 1.56 bits per heavy atom. The third-order valence-electron chi connectivity index (χ3n) is 3.13. The number of benzene rings is 1. The lowest BCUT2D eigenvalue weighted by atomic mass is 10.1. The number of hydrogen-bond donors (Lipinski definition) is 2. The molecule has 4 heteroatoms. The molecule has 2 N–H and O–H groups in total. The lowest BCUT2D eigenvalue weighted by Gasteiger charge is -2.09. The second-order valence-electron chi connectivity index (χ2n) is 4.47. The number of aliphatic hydroxyl groups excluding tert-OH is 1. The van der Waals surface area contributed by atoms with Crippen molar-refractivity contribution in [3.63, 3.8) is 0 Å². The predicted octanol–water partition coefficient (Wildman–Crippen LogP) is 1.57. The number of hydrogen-bond acceptors (Lipinski definition) is 3. The molecular formula is C14H19NO3. The Kier molecular flexibility index (Phi) is 4.20. The largest absolute Gasteiger partial charge is 0.493 e. The number of fused-ring (bicyclic) bond motifs is 1. The molecular weight excluding hydrogens is 230 g/mol. The molecule has 0 aromatic heterocycles. The van der Waals surface area contributed by atoms with Crippen LogP contribution in [0.2, 0.25) is 0 Å². The van der Waals surface area contributed by atoms with E-state index in [-0.39, 0.29) is 12.0 Å². The maximum absolute atomic E-state index is 11.2. The summed E-state index contributed by atoms with van der Waals surface area (Å²) >= 11 is 0. The van der Waals surface area contributed by atoms with E-state index < -0.39 is 0 Å². The molecule has 0 saturated carbocycles. The van der Waals surface area contributed by atoms with Crippen molar-refractivity contribution < 1.29 is 14.6 Å². The van der Waals surface area contributed by atoms with Gasteiger partial charge in [-0.2, -0.15) is 0 Å². The van der Waals surface area contributed by atoms with Crippen molar-refractivity contribution in [3.05, 3.63) is 29.3 Å². The highest BCUT2D eigenvalue weighted by molar-refractivity contribution is 5.75. The number of carbonyl (C=O) groups excluding carboxylic acids is 1. The van der Waals surface area contributed by atoms with Crippen LogP contribution in [0, 0.1) is 0 Å². The van der Waals surface area contributed by atoms with Crippen LogP contribution in [0.5, 0.6) is 5.75 Å². The van der Waals surface area contributed by atoms with E-state index in [9.17, 15) is 9.90 Å². The van der Waals surface area contributed by atoms with Crippen LogP contribution in [-0.2, 0) is 11.2 Å². The number of aryl methyl sites for hydroxylation is 1. The second kappa shape index (κ2) is 5.87. The predicted molar refractivity (Wildman–Crippen MR) is 68.5 cm³/mol. The van der Waals surface area contributed by atoms with Crippen LogP contribution >= 0.6 is 0 Å². The number of ether oxygens (including phenoxy) is 1. The summed E-state index contributed by atoms with van der Waals surface area (Å²) in [5.74, 6) is 0.779. The standard InChI is InChI=1S/C14H19NO3/c1-2-15-14(17)7-8-18-11-4-5-12-10(9-11)3-6-13(12)16/h4-5,9,13,16H,2-3,6-8H2,1H3,(H,15,17). The Bertz CT molecular complexity index is 431. The van der Waals surface area contributed by atoms with E-state index in [0.717, 1.165) is 29.7 Å². The molecule has 1 aromatic rings. The summed E-state index contributed by atoms with van der Waals surface area (Å²) in [7, 11) is 0. The Balaban J connectivity index is 1.86. The molecule has 2 rings (SSSR count). The molecule has 0 fully saturated rings. The molecule has 0 heterocycles. The van der Waals surface area contributed by atoms with Gasteiger partial charge in [0.1, 0.15) is 5.75 Å². The summed E-state index contributed by atoms with van der Waals surface area (Å²) in [5.41, 5.74) is 2.16. The monoisotopic (exact) mass is 249 g/mol. The molecule has 98 valence electrons. The highest BCUT2D eigenvalue weighted by Gasteiger charge is 2.20. The van der Waals surface area contributed by atoms with Gasteiger partial charge in [-0.15, -0.1) is 0 Å². The van der Waals surface area contributed by atoms with Gasteiger partial charge in [0.05, 0.1) is 19.1 Å². The maximum Gasteiger partial charge on any atom is 0.223 e. The summed E-state index contributed by atoms with van der Waals surface area (Å²) in [5, 5.41) is 12.4. The smallest absolute Gasteiger partial charge is 0.223 e. The van der Waals surface area contributed by atoms with Crippen molar-refractivity contribution in [2.24, 2.45) is 0 Å². The lowest BCUT2D eigenvalue weighted by Crippen LogP contribution is -2.24. The summed E-state index contributed by atoms with van der Waals surface area (Å²) in [6.07, 6.45) is 1.72. The fraction of sp³-hybridized carbons (Fsp3) is 0.500. The highest BCUT2D eigenvalue weighted by Crippen LogP contribution is 2.33. The minimum Gasteiger partial charge on any atom is -0.493 e. The van der Waals surface area contributed by atoms with E-state index in [0.29, 0.717) is 19.6 Å². The van der Waals surface area contributed by atoms with Crippen molar-refractivity contribution in [2.75, 3.05) is 13.2 Å². The topological polar surface area (TPSA) is 58.6 Å². The molecule has 1 unspecified atom stereocenters. The zero-order valence-corrected chi connectivity index (χ0v) is 10.6. The van der Waals surface area contributed by atoms with Crippen LogP contribution in [-0.4, -0.2) is 24.2 Å². The van der Waals surface area contributed by atoms with Crippen LogP contribution < -0.4 is 10.1 Å². The summed E-state index contributed by atoms with van der Waals surface area (Å²) in [6, 6.07) is 5.73. The molecule has 0 spiro atoms. The average molecular weight is 249 g/mol. The molecule has 18 heavy (non-hydrogen) atoms. The first-order valence-corrected chi connectivity index (χ1v) is 6.41. The number of carbonyl (C=O) groups is 1. The van der Waals surface area contributed by atoms with Gasteiger partial charge in [-0.3, -0.25) is 4.79 Å². The molecule has 1 atom stereocenters. The molecule has 1 aliphatic carbocycles. The number of amides is 1. The van der Waals surface area contributed by atoms with Gasteiger partial charge in [0.15, 0.2) is 0 Å². The SMILES string of the molecule is CCNC(=O)CCOc1ccc2c(c1)CCC2O. The molecule has 4 nitrogen and oxygen atoms in total. The number of nitrogens with one attached hydrogen (secondary N) is 1. The molecule has 1 aromatic carbocycles. The van der Waals surface area contributed by atoms with E-state index in [1.54, 1.807) is 0 Å². The van der Waals surface area contributed by atoms with Gasteiger partial charge in [-0.05, 0) is 43.0 Å². The van der Waals surface area contributed by atoms with E-state index in [1.807, 2.05) is 25.1 Å². The Hall–Kier alpha value is -1.55. The van der Waals surface area contributed by atoms with Gasteiger partial charge in [0.2, 0.25) is 5.91 Å². The fourth-order valence-electron chi connectivity index (χ4n) is 2.21. The summed E-state index contributed by atoms with van der Waals surface area (Å²) < 4.78 is 5.54. The third kappa shape index (κ3) is 3.01. The third-order valence-corrected chi connectivity index (χ3v) is 3.13. The summed E-state index contributed by atoms with van der Waals surface area (Å²) in [4.78, 5) is 11.2. The second-order valence-corrected chi connectivity index (χ2v) is 4.47. The molecule has 1 amide bonds. The van der Waals surface area contributed by atoms with E-state index in [1.165, 1.54) is 0 Å².